The van der Waals surface area contributed by atoms with Gasteiger partial charge in [-0.05, 0) is 92.0 Å². The zero-order valence-electron chi connectivity index (χ0n) is 18.5. The summed E-state index contributed by atoms with van der Waals surface area (Å²) in [5, 5.41) is 1.12. The van der Waals surface area contributed by atoms with Crippen LogP contribution < -0.4 is 0 Å². The minimum Gasteiger partial charge on any atom is -0.303 e. The second-order valence-corrected chi connectivity index (χ2v) is 10.9. The van der Waals surface area contributed by atoms with Crippen LogP contribution in [0.2, 0.25) is 5.02 Å². The lowest BCUT2D eigenvalue weighted by Crippen LogP contribution is -2.40. The summed E-state index contributed by atoms with van der Waals surface area (Å²) in [6.45, 7) is 3.01. The monoisotopic (exact) mass is 479 g/mol. The molecule has 33 heavy (non-hydrogen) atoms. The molecule has 2 heterocycles. The van der Waals surface area contributed by atoms with E-state index in [0.717, 1.165) is 43.9 Å². The third-order valence-electron chi connectivity index (χ3n) is 6.96. The Morgan fingerprint density at radius 1 is 1.00 bits per heavy atom. The van der Waals surface area contributed by atoms with Crippen molar-refractivity contribution in [1.82, 2.24) is 4.90 Å². The normalized spacial score (nSPS) is 19.5. The molecule has 1 spiro atoms. The Hall–Kier alpha value is -2.14. The maximum absolute atomic E-state index is 13.1. The van der Waals surface area contributed by atoms with Crippen molar-refractivity contribution < 1.29 is 9.18 Å². The first kappa shape index (κ1) is 22.6. The van der Waals surface area contributed by atoms with Crippen molar-refractivity contribution in [3.8, 4) is 0 Å². The number of likely N-dealkylation sites (tertiary alicyclic amines) is 1. The van der Waals surface area contributed by atoms with Gasteiger partial charge in [0.1, 0.15) is 5.82 Å². The molecule has 5 heteroatoms. The number of thioether (sulfide) groups is 1. The molecule has 1 fully saturated rings. The van der Waals surface area contributed by atoms with Gasteiger partial charge in [-0.1, -0.05) is 48.0 Å². The summed E-state index contributed by atoms with van der Waals surface area (Å²) in [5.74, 6) is -0.215. The van der Waals surface area contributed by atoms with Gasteiger partial charge in [-0.2, -0.15) is 0 Å². The van der Waals surface area contributed by atoms with E-state index in [1.54, 1.807) is 12.1 Å². The molecule has 3 aromatic carbocycles. The predicted molar refractivity (Wildman–Crippen MR) is 135 cm³/mol. The van der Waals surface area contributed by atoms with Crippen molar-refractivity contribution in [2.75, 3.05) is 19.6 Å². The highest BCUT2D eigenvalue weighted by molar-refractivity contribution is 8.01. The second-order valence-electron chi connectivity index (χ2n) is 9.01. The third-order valence-corrected chi connectivity index (χ3v) is 9.05. The van der Waals surface area contributed by atoms with Gasteiger partial charge in [-0.25, -0.2) is 4.39 Å². The SMILES string of the molecule is O=C(CCCN1CCC2(CC1)SC(c1ccc(Cl)cc1)c1ccccc12)c1ccc(F)cc1. The van der Waals surface area contributed by atoms with Crippen LogP contribution in [0.1, 0.15) is 58.0 Å². The molecule has 1 atom stereocenters. The van der Waals surface area contributed by atoms with Gasteiger partial charge < -0.3 is 4.90 Å². The number of carbonyl (C=O) groups is 1. The molecule has 0 saturated carbocycles. The van der Waals surface area contributed by atoms with Crippen molar-refractivity contribution in [3.63, 3.8) is 0 Å². The molecule has 0 N–H and O–H groups in total. The number of Topliss-reactive ketones (excluding diaryl/α,β-unsaturated/α-hetero) is 1. The zero-order chi connectivity index (χ0) is 22.8. The standard InChI is InChI=1S/C28H27ClFNOS/c29-22-11-7-21(8-12-22)27-24-4-1-2-5-25(24)28(33-27)15-18-31(19-16-28)17-3-6-26(32)20-9-13-23(30)14-10-20/h1-2,4-5,7-14,27H,3,6,15-19H2. The quantitative estimate of drug-likeness (QED) is 0.347. The summed E-state index contributed by atoms with van der Waals surface area (Å²) in [6, 6.07) is 23.1. The molecule has 0 radical (unpaired) electrons. The van der Waals surface area contributed by atoms with Crippen molar-refractivity contribution >= 4 is 29.1 Å². The first-order chi connectivity index (χ1) is 16.0. The van der Waals surface area contributed by atoms with Crippen LogP contribution in [0.3, 0.4) is 0 Å². The fourth-order valence-electron chi connectivity index (χ4n) is 5.15. The summed E-state index contributed by atoms with van der Waals surface area (Å²) in [4.78, 5) is 14.9. The Balaban J connectivity index is 1.20. The lowest BCUT2D eigenvalue weighted by atomic mass is 9.84. The molecular formula is C28H27ClFNOS. The topological polar surface area (TPSA) is 20.3 Å². The van der Waals surface area contributed by atoms with E-state index < -0.39 is 0 Å². The highest BCUT2D eigenvalue weighted by Crippen LogP contribution is 2.61. The number of ketones is 1. The van der Waals surface area contributed by atoms with Gasteiger partial charge in [0.25, 0.3) is 0 Å². The Kier molecular flexibility index (Phi) is 6.60. The van der Waals surface area contributed by atoms with Crippen LogP contribution in [0.5, 0.6) is 0 Å². The summed E-state index contributed by atoms with van der Waals surface area (Å²) in [6.07, 6.45) is 3.57. The molecule has 5 rings (SSSR count). The highest BCUT2D eigenvalue weighted by atomic mass is 35.5. The average Bonchev–Trinajstić information content (AvgIpc) is 3.15. The number of carbonyl (C=O) groups excluding carboxylic acids is 1. The molecular weight excluding hydrogens is 453 g/mol. The van der Waals surface area contributed by atoms with E-state index in [0.29, 0.717) is 17.2 Å². The lowest BCUT2D eigenvalue weighted by Gasteiger charge is -2.39. The smallest absolute Gasteiger partial charge is 0.162 e. The minimum atomic E-state index is -0.307. The van der Waals surface area contributed by atoms with E-state index in [4.69, 9.17) is 11.6 Å². The van der Waals surface area contributed by atoms with Crippen molar-refractivity contribution in [1.29, 1.82) is 0 Å². The van der Waals surface area contributed by atoms with Gasteiger partial charge in [-0.3, -0.25) is 4.79 Å². The first-order valence-corrected chi connectivity index (χ1v) is 12.8. The number of hydrogen-bond acceptors (Lipinski definition) is 3. The van der Waals surface area contributed by atoms with Crippen LogP contribution in [-0.4, -0.2) is 30.3 Å². The molecule has 0 amide bonds. The fraction of sp³-hybridized carbons (Fsp3) is 0.321. The summed E-state index contributed by atoms with van der Waals surface area (Å²) >= 11 is 8.23. The van der Waals surface area contributed by atoms with Crippen molar-refractivity contribution in [3.05, 3.63) is 106 Å². The number of nitrogens with zero attached hydrogens (tertiary/aromatic N) is 1. The van der Waals surface area contributed by atoms with Gasteiger partial charge in [-0.15, -0.1) is 11.8 Å². The Bertz CT molecular complexity index is 1120. The van der Waals surface area contributed by atoms with Crippen LogP contribution in [0.15, 0.2) is 72.8 Å². The van der Waals surface area contributed by atoms with Crippen LogP contribution in [0.25, 0.3) is 0 Å². The van der Waals surface area contributed by atoms with E-state index in [2.05, 4.69) is 53.1 Å². The van der Waals surface area contributed by atoms with E-state index in [-0.39, 0.29) is 16.3 Å². The minimum absolute atomic E-state index is 0.0922. The number of rotatable bonds is 6. The van der Waals surface area contributed by atoms with E-state index >= 15 is 0 Å². The zero-order valence-corrected chi connectivity index (χ0v) is 20.0. The lowest BCUT2D eigenvalue weighted by molar-refractivity contribution is 0.0971. The van der Waals surface area contributed by atoms with E-state index in [9.17, 15) is 9.18 Å². The number of halogens is 2. The molecule has 1 unspecified atom stereocenters. The number of benzene rings is 3. The summed E-state index contributed by atoms with van der Waals surface area (Å²) in [5.41, 5.74) is 4.83. The van der Waals surface area contributed by atoms with Gasteiger partial charge >= 0.3 is 0 Å². The van der Waals surface area contributed by atoms with Gasteiger partial charge in [0.15, 0.2) is 5.78 Å². The molecule has 1 saturated heterocycles. The Morgan fingerprint density at radius 2 is 1.70 bits per heavy atom. The number of fused-ring (bicyclic) bond motifs is 2. The van der Waals surface area contributed by atoms with Gasteiger partial charge in [0.05, 0.1) is 5.25 Å². The predicted octanol–water partition coefficient (Wildman–Crippen LogP) is 7.27. The van der Waals surface area contributed by atoms with Gasteiger partial charge in [0.2, 0.25) is 0 Å². The molecule has 2 aliphatic heterocycles. The van der Waals surface area contributed by atoms with Crippen LogP contribution >= 0.6 is 23.4 Å². The van der Waals surface area contributed by atoms with Gasteiger partial charge in [0, 0.05) is 21.8 Å². The van der Waals surface area contributed by atoms with Crippen LogP contribution in [0, 0.1) is 5.82 Å². The molecule has 170 valence electrons. The summed E-state index contributed by atoms with van der Waals surface area (Å²) in [7, 11) is 0. The molecule has 2 aliphatic rings. The molecule has 3 aromatic rings. The average molecular weight is 480 g/mol. The number of hydrogen-bond donors (Lipinski definition) is 0. The van der Waals surface area contributed by atoms with Crippen LogP contribution in [0.4, 0.5) is 4.39 Å². The first-order valence-electron chi connectivity index (χ1n) is 11.6. The molecule has 0 bridgehead atoms. The van der Waals surface area contributed by atoms with Crippen LogP contribution in [-0.2, 0) is 4.75 Å². The van der Waals surface area contributed by atoms with E-state index in [1.165, 1.54) is 28.8 Å². The maximum atomic E-state index is 13.1. The summed E-state index contributed by atoms with van der Waals surface area (Å²) < 4.78 is 13.2. The highest BCUT2D eigenvalue weighted by Gasteiger charge is 2.46. The number of piperidine rings is 1. The fourth-order valence-corrected chi connectivity index (χ4v) is 7.08. The largest absolute Gasteiger partial charge is 0.303 e. The molecule has 0 aliphatic carbocycles. The van der Waals surface area contributed by atoms with Crippen molar-refractivity contribution in [2.45, 2.75) is 35.7 Å². The van der Waals surface area contributed by atoms with E-state index in [1.807, 2.05) is 12.1 Å². The van der Waals surface area contributed by atoms with Crippen molar-refractivity contribution in [2.24, 2.45) is 0 Å². The third kappa shape index (κ3) is 4.75. The molecule has 2 nitrogen and oxygen atoms in total. The molecule has 0 aromatic heterocycles. The second kappa shape index (κ2) is 9.61. The Morgan fingerprint density at radius 3 is 2.42 bits per heavy atom. The Labute approximate surface area is 204 Å². The maximum Gasteiger partial charge on any atom is 0.162 e.